The Morgan fingerprint density at radius 1 is 1.17 bits per heavy atom. The number of nitrogens with zero attached hydrogens (tertiary/aromatic N) is 2. The van der Waals surface area contributed by atoms with Gasteiger partial charge >= 0.3 is 0 Å². The Hall–Kier alpha value is -2.10. The first-order chi connectivity index (χ1) is 8.79. The lowest BCUT2D eigenvalue weighted by Crippen LogP contribution is -2.09. The van der Waals surface area contributed by atoms with E-state index < -0.39 is 0 Å². The molecular weight excluding hydrogens is 224 g/mol. The quantitative estimate of drug-likeness (QED) is 0.846. The van der Waals surface area contributed by atoms with Gasteiger partial charge in [0.15, 0.2) is 0 Å². The number of rotatable bonds is 5. The van der Waals surface area contributed by atoms with Gasteiger partial charge in [-0.1, -0.05) is 30.3 Å². The summed E-state index contributed by atoms with van der Waals surface area (Å²) in [6.45, 7) is 4.96. The molecule has 0 aliphatic heterocycles. The monoisotopic (exact) mass is 242 g/mol. The first-order valence-electron chi connectivity index (χ1n) is 6.18. The van der Waals surface area contributed by atoms with Crippen LogP contribution in [0, 0.1) is 0 Å². The molecule has 4 heteroatoms. The van der Waals surface area contributed by atoms with Crippen LogP contribution >= 0.6 is 0 Å². The molecular formula is C14H18N4. The van der Waals surface area contributed by atoms with E-state index in [0.717, 1.165) is 12.4 Å². The Balaban J connectivity index is 2.07. The molecule has 0 radical (unpaired) electrons. The van der Waals surface area contributed by atoms with E-state index in [9.17, 15) is 0 Å². The maximum absolute atomic E-state index is 4.39. The first kappa shape index (κ1) is 12.4. The smallest absolute Gasteiger partial charge is 0.224 e. The number of hydrogen-bond acceptors (Lipinski definition) is 4. The van der Waals surface area contributed by atoms with Gasteiger partial charge in [0.2, 0.25) is 5.95 Å². The lowest BCUT2D eigenvalue weighted by Gasteiger charge is -2.15. The molecule has 1 aromatic heterocycles. The summed E-state index contributed by atoms with van der Waals surface area (Å²) in [4.78, 5) is 8.54. The van der Waals surface area contributed by atoms with E-state index in [1.54, 1.807) is 6.20 Å². The van der Waals surface area contributed by atoms with Gasteiger partial charge in [0.05, 0.1) is 0 Å². The van der Waals surface area contributed by atoms with Crippen molar-refractivity contribution >= 4 is 11.8 Å². The van der Waals surface area contributed by atoms with Gasteiger partial charge in [-0.2, -0.15) is 4.98 Å². The summed E-state index contributed by atoms with van der Waals surface area (Å²) >= 11 is 0. The minimum atomic E-state index is 0.218. The van der Waals surface area contributed by atoms with Crippen LogP contribution in [-0.2, 0) is 0 Å². The molecule has 94 valence electrons. The second-order valence-corrected chi connectivity index (χ2v) is 4.07. The van der Waals surface area contributed by atoms with Gasteiger partial charge in [0, 0.05) is 18.8 Å². The van der Waals surface area contributed by atoms with E-state index in [-0.39, 0.29) is 6.04 Å². The van der Waals surface area contributed by atoms with Crippen molar-refractivity contribution in [3.8, 4) is 0 Å². The molecule has 0 aliphatic rings. The SMILES string of the molecule is CCNc1nccc(NC(C)c2ccccc2)n1. The Bertz CT molecular complexity index is 484. The third kappa shape index (κ3) is 3.20. The number of nitrogens with one attached hydrogen (secondary N) is 2. The topological polar surface area (TPSA) is 49.8 Å². The molecule has 0 aliphatic carbocycles. The molecule has 0 saturated carbocycles. The molecule has 1 heterocycles. The van der Waals surface area contributed by atoms with Crippen LogP contribution in [0.1, 0.15) is 25.5 Å². The average Bonchev–Trinajstić information content (AvgIpc) is 2.40. The first-order valence-corrected chi connectivity index (χ1v) is 6.18. The normalized spacial score (nSPS) is 11.9. The molecule has 0 spiro atoms. The van der Waals surface area contributed by atoms with Crippen molar-refractivity contribution in [1.29, 1.82) is 0 Å². The molecule has 2 N–H and O–H groups in total. The summed E-state index contributed by atoms with van der Waals surface area (Å²) in [6, 6.07) is 12.4. The number of aromatic nitrogens is 2. The van der Waals surface area contributed by atoms with Gasteiger partial charge in [-0.05, 0) is 25.5 Å². The maximum Gasteiger partial charge on any atom is 0.224 e. The summed E-state index contributed by atoms with van der Waals surface area (Å²) in [6.07, 6.45) is 1.76. The van der Waals surface area contributed by atoms with E-state index in [4.69, 9.17) is 0 Å². The van der Waals surface area contributed by atoms with Crippen molar-refractivity contribution in [2.45, 2.75) is 19.9 Å². The fraction of sp³-hybridized carbons (Fsp3) is 0.286. The summed E-state index contributed by atoms with van der Waals surface area (Å²) in [5.74, 6) is 1.49. The molecule has 0 amide bonds. The van der Waals surface area contributed by atoms with Crippen LogP contribution in [0.2, 0.25) is 0 Å². The highest BCUT2D eigenvalue weighted by Crippen LogP contribution is 2.17. The zero-order valence-electron chi connectivity index (χ0n) is 10.7. The highest BCUT2D eigenvalue weighted by atomic mass is 15.1. The maximum atomic E-state index is 4.39. The van der Waals surface area contributed by atoms with Gasteiger partial charge in [0.1, 0.15) is 5.82 Å². The molecule has 0 fully saturated rings. The van der Waals surface area contributed by atoms with E-state index in [2.05, 4.69) is 39.7 Å². The van der Waals surface area contributed by atoms with Gasteiger partial charge in [-0.3, -0.25) is 0 Å². The van der Waals surface area contributed by atoms with Crippen molar-refractivity contribution in [3.05, 3.63) is 48.2 Å². The zero-order chi connectivity index (χ0) is 12.8. The van der Waals surface area contributed by atoms with Gasteiger partial charge in [-0.25, -0.2) is 4.98 Å². The molecule has 0 saturated heterocycles. The van der Waals surface area contributed by atoms with Crippen molar-refractivity contribution in [2.24, 2.45) is 0 Å². The molecule has 1 atom stereocenters. The van der Waals surface area contributed by atoms with Crippen LogP contribution in [-0.4, -0.2) is 16.5 Å². The minimum Gasteiger partial charge on any atom is -0.363 e. The van der Waals surface area contributed by atoms with Crippen LogP contribution < -0.4 is 10.6 Å². The van der Waals surface area contributed by atoms with E-state index in [1.165, 1.54) is 5.56 Å². The van der Waals surface area contributed by atoms with Gasteiger partial charge in [0.25, 0.3) is 0 Å². The van der Waals surface area contributed by atoms with E-state index in [0.29, 0.717) is 5.95 Å². The Labute approximate surface area is 107 Å². The van der Waals surface area contributed by atoms with E-state index >= 15 is 0 Å². The van der Waals surface area contributed by atoms with E-state index in [1.807, 2.05) is 31.2 Å². The zero-order valence-corrected chi connectivity index (χ0v) is 10.7. The lowest BCUT2D eigenvalue weighted by molar-refractivity contribution is 0.872. The fourth-order valence-corrected chi connectivity index (χ4v) is 1.73. The Morgan fingerprint density at radius 2 is 1.94 bits per heavy atom. The number of hydrogen-bond donors (Lipinski definition) is 2. The standard InChI is InChI=1S/C14H18N4/c1-3-15-14-16-10-9-13(18-14)17-11(2)12-7-5-4-6-8-12/h4-11H,3H2,1-2H3,(H2,15,16,17,18). The van der Waals surface area contributed by atoms with Crippen LogP contribution in [0.5, 0.6) is 0 Å². The van der Waals surface area contributed by atoms with Gasteiger partial charge in [-0.15, -0.1) is 0 Å². The summed E-state index contributed by atoms with van der Waals surface area (Å²) in [7, 11) is 0. The molecule has 1 aromatic carbocycles. The lowest BCUT2D eigenvalue weighted by atomic mass is 10.1. The second-order valence-electron chi connectivity index (χ2n) is 4.07. The van der Waals surface area contributed by atoms with Crippen molar-refractivity contribution in [3.63, 3.8) is 0 Å². The summed E-state index contributed by atoms with van der Waals surface area (Å²) in [5, 5.41) is 6.46. The highest BCUT2D eigenvalue weighted by Gasteiger charge is 2.05. The second kappa shape index (κ2) is 6.00. The molecule has 1 unspecified atom stereocenters. The van der Waals surface area contributed by atoms with Crippen LogP contribution in [0.25, 0.3) is 0 Å². The molecule has 2 rings (SSSR count). The predicted molar refractivity (Wildman–Crippen MR) is 74.7 cm³/mol. The highest BCUT2D eigenvalue weighted by molar-refractivity contribution is 5.41. The molecule has 18 heavy (non-hydrogen) atoms. The minimum absolute atomic E-state index is 0.218. The third-order valence-corrected chi connectivity index (χ3v) is 2.65. The summed E-state index contributed by atoms with van der Waals surface area (Å²) in [5.41, 5.74) is 1.24. The molecule has 0 bridgehead atoms. The number of benzene rings is 1. The Morgan fingerprint density at radius 3 is 2.67 bits per heavy atom. The predicted octanol–water partition coefficient (Wildman–Crippen LogP) is 3.08. The third-order valence-electron chi connectivity index (χ3n) is 2.65. The average molecular weight is 242 g/mol. The fourth-order valence-electron chi connectivity index (χ4n) is 1.73. The van der Waals surface area contributed by atoms with Gasteiger partial charge < -0.3 is 10.6 Å². The molecule has 4 nitrogen and oxygen atoms in total. The van der Waals surface area contributed by atoms with Crippen LogP contribution in [0.15, 0.2) is 42.6 Å². The number of anilines is 2. The van der Waals surface area contributed by atoms with Crippen LogP contribution in [0.3, 0.4) is 0 Å². The van der Waals surface area contributed by atoms with Crippen LogP contribution in [0.4, 0.5) is 11.8 Å². The van der Waals surface area contributed by atoms with Crippen molar-refractivity contribution in [1.82, 2.24) is 9.97 Å². The molecule has 2 aromatic rings. The summed E-state index contributed by atoms with van der Waals surface area (Å²) < 4.78 is 0. The largest absolute Gasteiger partial charge is 0.363 e. The van der Waals surface area contributed by atoms with Crippen molar-refractivity contribution in [2.75, 3.05) is 17.2 Å². The Kier molecular flexibility index (Phi) is 4.12. The van der Waals surface area contributed by atoms with Crippen molar-refractivity contribution < 1.29 is 0 Å².